The Bertz CT molecular complexity index is 377. The maximum Gasteiger partial charge on any atom is 0.161 e. The molecule has 100 valence electrons. The number of fused-ring (bicyclic) bond motifs is 1. The summed E-state index contributed by atoms with van der Waals surface area (Å²) in [6.45, 7) is 7.81. The van der Waals surface area contributed by atoms with Crippen LogP contribution in [0.5, 0.6) is 11.5 Å². The largest absolute Gasteiger partial charge is 0.486 e. The van der Waals surface area contributed by atoms with Gasteiger partial charge in [0.1, 0.15) is 13.2 Å². The van der Waals surface area contributed by atoms with E-state index < -0.39 is 0 Å². The van der Waals surface area contributed by atoms with E-state index in [1.807, 2.05) is 6.07 Å². The van der Waals surface area contributed by atoms with Gasteiger partial charge in [0.25, 0.3) is 0 Å². The molecule has 0 fully saturated rings. The maximum atomic E-state index is 5.57. The van der Waals surface area contributed by atoms with Crippen molar-refractivity contribution in [1.82, 2.24) is 5.32 Å². The number of ether oxygens (including phenoxy) is 2. The van der Waals surface area contributed by atoms with E-state index in [1.165, 1.54) is 18.4 Å². The van der Waals surface area contributed by atoms with Crippen molar-refractivity contribution in [2.75, 3.05) is 19.8 Å². The molecule has 1 heterocycles. The van der Waals surface area contributed by atoms with E-state index in [2.05, 4.69) is 31.3 Å². The SMILES string of the molecule is CC(C)CCCNCc1ccc2c(c1)OCCO2. The van der Waals surface area contributed by atoms with Gasteiger partial charge in [-0.05, 0) is 43.0 Å². The van der Waals surface area contributed by atoms with Crippen LogP contribution in [-0.2, 0) is 6.54 Å². The average molecular weight is 249 g/mol. The molecule has 1 aromatic carbocycles. The van der Waals surface area contributed by atoms with Crippen LogP contribution in [0.2, 0.25) is 0 Å². The van der Waals surface area contributed by atoms with Crippen LogP contribution in [0, 0.1) is 5.92 Å². The molecule has 0 unspecified atom stereocenters. The minimum absolute atomic E-state index is 0.651. The van der Waals surface area contributed by atoms with Crippen LogP contribution >= 0.6 is 0 Å². The van der Waals surface area contributed by atoms with Gasteiger partial charge in [-0.15, -0.1) is 0 Å². The van der Waals surface area contributed by atoms with Gasteiger partial charge in [-0.2, -0.15) is 0 Å². The van der Waals surface area contributed by atoms with Crippen LogP contribution in [0.4, 0.5) is 0 Å². The molecule has 3 nitrogen and oxygen atoms in total. The van der Waals surface area contributed by atoms with E-state index in [-0.39, 0.29) is 0 Å². The third kappa shape index (κ3) is 3.91. The van der Waals surface area contributed by atoms with Crippen molar-refractivity contribution in [2.24, 2.45) is 5.92 Å². The number of nitrogens with one attached hydrogen (secondary N) is 1. The second-order valence-corrected chi connectivity index (χ2v) is 5.19. The summed E-state index contributed by atoms with van der Waals surface area (Å²) in [5.41, 5.74) is 1.25. The highest BCUT2D eigenvalue weighted by molar-refractivity contribution is 5.43. The molecule has 0 aromatic heterocycles. The summed E-state index contributed by atoms with van der Waals surface area (Å²) in [5, 5.41) is 3.47. The summed E-state index contributed by atoms with van der Waals surface area (Å²) < 4.78 is 11.1. The van der Waals surface area contributed by atoms with Crippen molar-refractivity contribution in [3.05, 3.63) is 23.8 Å². The average Bonchev–Trinajstić information content (AvgIpc) is 2.38. The first kappa shape index (κ1) is 13.2. The van der Waals surface area contributed by atoms with Gasteiger partial charge in [0, 0.05) is 6.54 Å². The number of hydrogen-bond acceptors (Lipinski definition) is 3. The Labute approximate surface area is 109 Å². The fourth-order valence-electron chi connectivity index (χ4n) is 2.07. The molecule has 0 saturated heterocycles. The Kier molecular flexibility index (Phi) is 4.88. The first-order chi connectivity index (χ1) is 8.75. The van der Waals surface area contributed by atoms with E-state index >= 15 is 0 Å². The molecule has 0 aliphatic carbocycles. The normalized spacial score (nSPS) is 13.9. The topological polar surface area (TPSA) is 30.5 Å². The lowest BCUT2D eigenvalue weighted by Gasteiger charge is -2.19. The van der Waals surface area contributed by atoms with E-state index in [0.29, 0.717) is 13.2 Å². The number of rotatable bonds is 6. The van der Waals surface area contributed by atoms with Crippen LogP contribution in [-0.4, -0.2) is 19.8 Å². The highest BCUT2D eigenvalue weighted by atomic mass is 16.6. The predicted octanol–water partition coefficient (Wildman–Crippen LogP) is 2.98. The first-order valence-electron chi connectivity index (χ1n) is 6.85. The third-order valence-corrected chi connectivity index (χ3v) is 3.07. The van der Waals surface area contributed by atoms with Gasteiger partial charge in [0.15, 0.2) is 11.5 Å². The van der Waals surface area contributed by atoms with Crippen molar-refractivity contribution in [3.63, 3.8) is 0 Å². The number of hydrogen-bond donors (Lipinski definition) is 1. The monoisotopic (exact) mass is 249 g/mol. The van der Waals surface area contributed by atoms with Crippen LogP contribution in [0.25, 0.3) is 0 Å². The molecule has 1 N–H and O–H groups in total. The molecular weight excluding hydrogens is 226 g/mol. The lowest BCUT2D eigenvalue weighted by Crippen LogP contribution is -2.17. The summed E-state index contributed by atoms with van der Waals surface area (Å²) in [5.74, 6) is 2.54. The molecule has 0 radical (unpaired) electrons. The van der Waals surface area contributed by atoms with Crippen molar-refractivity contribution < 1.29 is 9.47 Å². The molecule has 0 amide bonds. The molecule has 0 atom stereocenters. The Hall–Kier alpha value is -1.22. The quantitative estimate of drug-likeness (QED) is 0.786. The van der Waals surface area contributed by atoms with Crippen molar-refractivity contribution >= 4 is 0 Å². The number of benzene rings is 1. The second kappa shape index (κ2) is 6.64. The van der Waals surface area contributed by atoms with E-state index in [0.717, 1.165) is 30.5 Å². The van der Waals surface area contributed by atoms with Crippen LogP contribution in [0.15, 0.2) is 18.2 Å². The summed E-state index contributed by atoms with van der Waals surface area (Å²) in [4.78, 5) is 0. The summed E-state index contributed by atoms with van der Waals surface area (Å²) in [7, 11) is 0. The summed E-state index contributed by atoms with van der Waals surface area (Å²) in [6.07, 6.45) is 2.52. The van der Waals surface area contributed by atoms with Crippen molar-refractivity contribution in [1.29, 1.82) is 0 Å². The smallest absolute Gasteiger partial charge is 0.161 e. The molecule has 1 aliphatic rings. The second-order valence-electron chi connectivity index (χ2n) is 5.19. The van der Waals surface area contributed by atoms with Gasteiger partial charge in [-0.1, -0.05) is 19.9 Å². The zero-order valence-electron chi connectivity index (χ0n) is 11.4. The van der Waals surface area contributed by atoms with Gasteiger partial charge < -0.3 is 14.8 Å². The minimum atomic E-state index is 0.651. The summed E-state index contributed by atoms with van der Waals surface area (Å²) in [6, 6.07) is 6.17. The Morgan fingerprint density at radius 3 is 2.72 bits per heavy atom. The molecule has 3 heteroatoms. The van der Waals surface area contributed by atoms with E-state index in [1.54, 1.807) is 0 Å². The van der Waals surface area contributed by atoms with Gasteiger partial charge in [0.2, 0.25) is 0 Å². The molecule has 0 bridgehead atoms. The predicted molar refractivity (Wildman–Crippen MR) is 73.2 cm³/mol. The molecule has 0 saturated carbocycles. The zero-order valence-corrected chi connectivity index (χ0v) is 11.4. The van der Waals surface area contributed by atoms with Crippen LogP contribution in [0.3, 0.4) is 0 Å². The Balaban J connectivity index is 1.76. The highest BCUT2D eigenvalue weighted by Gasteiger charge is 2.11. The Morgan fingerprint density at radius 1 is 1.17 bits per heavy atom. The van der Waals surface area contributed by atoms with Crippen molar-refractivity contribution in [2.45, 2.75) is 33.2 Å². The van der Waals surface area contributed by atoms with Gasteiger partial charge >= 0.3 is 0 Å². The standard InChI is InChI=1S/C15H23NO2/c1-12(2)4-3-7-16-11-13-5-6-14-15(10-13)18-9-8-17-14/h5-6,10,12,16H,3-4,7-9,11H2,1-2H3. The minimum Gasteiger partial charge on any atom is -0.486 e. The van der Waals surface area contributed by atoms with Crippen LogP contribution in [0.1, 0.15) is 32.3 Å². The lowest BCUT2D eigenvalue weighted by molar-refractivity contribution is 0.171. The lowest BCUT2D eigenvalue weighted by atomic mass is 10.1. The fourth-order valence-corrected chi connectivity index (χ4v) is 2.07. The zero-order chi connectivity index (χ0) is 12.8. The Morgan fingerprint density at radius 2 is 1.94 bits per heavy atom. The van der Waals surface area contributed by atoms with E-state index in [9.17, 15) is 0 Å². The highest BCUT2D eigenvalue weighted by Crippen LogP contribution is 2.30. The maximum absolute atomic E-state index is 5.57. The van der Waals surface area contributed by atoms with Crippen molar-refractivity contribution in [3.8, 4) is 11.5 Å². The molecule has 1 aromatic rings. The van der Waals surface area contributed by atoms with Gasteiger partial charge in [-0.3, -0.25) is 0 Å². The van der Waals surface area contributed by atoms with Gasteiger partial charge in [0.05, 0.1) is 0 Å². The summed E-state index contributed by atoms with van der Waals surface area (Å²) >= 11 is 0. The first-order valence-corrected chi connectivity index (χ1v) is 6.85. The van der Waals surface area contributed by atoms with E-state index in [4.69, 9.17) is 9.47 Å². The van der Waals surface area contributed by atoms with Crippen LogP contribution < -0.4 is 14.8 Å². The van der Waals surface area contributed by atoms with Gasteiger partial charge in [-0.25, -0.2) is 0 Å². The third-order valence-electron chi connectivity index (χ3n) is 3.07. The molecule has 18 heavy (non-hydrogen) atoms. The molecule has 1 aliphatic heterocycles. The molecular formula is C15H23NO2. The molecule has 2 rings (SSSR count). The fraction of sp³-hybridized carbons (Fsp3) is 0.600. The molecule has 0 spiro atoms.